The number of halogens is 2. The Morgan fingerprint density at radius 3 is 2.55 bits per heavy atom. The summed E-state index contributed by atoms with van der Waals surface area (Å²) in [6.45, 7) is 6.65. The van der Waals surface area contributed by atoms with Crippen molar-refractivity contribution in [2.75, 3.05) is 0 Å². The molecule has 2 aromatic rings. The molecule has 1 aromatic carbocycles. The predicted molar refractivity (Wildman–Crippen MR) is 81.4 cm³/mol. The van der Waals surface area contributed by atoms with E-state index in [4.69, 9.17) is 0 Å². The lowest BCUT2D eigenvalue weighted by atomic mass is 10.2. The summed E-state index contributed by atoms with van der Waals surface area (Å²) in [5.74, 6) is -0.194. The summed E-state index contributed by atoms with van der Waals surface area (Å²) in [5, 5.41) is 7.82. The number of nitrogens with one attached hydrogen (secondary N) is 1. The summed E-state index contributed by atoms with van der Waals surface area (Å²) in [6.07, 6.45) is 3.18. The highest BCUT2D eigenvalue weighted by Crippen LogP contribution is 2.07. The first-order chi connectivity index (χ1) is 9.19. The molecule has 0 saturated carbocycles. The molecule has 0 radical (unpaired) electrons. The lowest BCUT2D eigenvalue weighted by Crippen LogP contribution is -2.12. The van der Waals surface area contributed by atoms with Crippen molar-refractivity contribution < 1.29 is 4.39 Å². The first-order valence-corrected chi connectivity index (χ1v) is 6.67. The Kier molecular flexibility index (Phi) is 6.68. The maximum atomic E-state index is 12.8. The monoisotopic (exact) mass is 297 g/mol. The average Bonchev–Trinajstić information content (AvgIpc) is 2.73. The van der Waals surface area contributed by atoms with Crippen LogP contribution < -0.4 is 5.32 Å². The van der Waals surface area contributed by atoms with E-state index in [9.17, 15) is 4.39 Å². The Morgan fingerprint density at radius 1 is 1.20 bits per heavy atom. The van der Waals surface area contributed by atoms with Gasteiger partial charge in [0.2, 0.25) is 0 Å². The van der Waals surface area contributed by atoms with E-state index in [0.29, 0.717) is 0 Å². The molecule has 0 aliphatic heterocycles. The van der Waals surface area contributed by atoms with Crippen LogP contribution in [0.1, 0.15) is 30.2 Å². The minimum Gasteiger partial charge on any atom is -0.308 e. The standard InChI is InChI=1S/C15H20FN3.ClH/c1-3-8-19-11-14(12(2)18-19)10-17-9-13-4-6-15(16)7-5-13;/h4-7,11,17H,3,8-10H2,1-2H3;1H. The zero-order valence-corrected chi connectivity index (χ0v) is 12.7. The van der Waals surface area contributed by atoms with Crippen LogP contribution in [0, 0.1) is 12.7 Å². The zero-order chi connectivity index (χ0) is 13.7. The van der Waals surface area contributed by atoms with Crippen LogP contribution in [0.3, 0.4) is 0 Å². The summed E-state index contributed by atoms with van der Waals surface area (Å²) in [7, 11) is 0. The Labute approximate surface area is 125 Å². The normalized spacial score (nSPS) is 10.3. The number of hydrogen-bond acceptors (Lipinski definition) is 2. The largest absolute Gasteiger partial charge is 0.308 e. The fourth-order valence-electron chi connectivity index (χ4n) is 2.02. The quantitative estimate of drug-likeness (QED) is 0.885. The van der Waals surface area contributed by atoms with Gasteiger partial charge in [0.25, 0.3) is 0 Å². The molecule has 0 amide bonds. The highest BCUT2D eigenvalue weighted by molar-refractivity contribution is 5.85. The van der Waals surface area contributed by atoms with Gasteiger partial charge in [-0.05, 0) is 31.0 Å². The van der Waals surface area contributed by atoms with E-state index in [2.05, 4.69) is 23.5 Å². The van der Waals surface area contributed by atoms with Gasteiger partial charge < -0.3 is 5.32 Å². The van der Waals surface area contributed by atoms with Crippen LogP contribution in [0.2, 0.25) is 0 Å². The highest BCUT2D eigenvalue weighted by Gasteiger charge is 2.04. The van der Waals surface area contributed by atoms with Gasteiger partial charge in [-0.25, -0.2) is 4.39 Å². The summed E-state index contributed by atoms with van der Waals surface area (Å²) in [4.78, 5) is 0. The first kappa shape index (κ1) is 16.7. The fourth-order valence-corrected chi connectivity index (χ4v) is 2.02. The molecule has 0 fully saturated rings. The number of benzene rings is 1. The summed E-state index contributed by atoms with van der Waals surface area (Å²) in [6, 6.07) is 6.58. The molecule has 0 bridgehead atoms. The van der Waals surface area contributed by atoms with Crippen LogP contribution in [-0.4, -0.2) is 9.78 Å². The van der Waals surface area contributed by atoms with Crippen molar-refractivity contribution in [3.63, 3.8) is 0 Å². The van der Waals surface area contributed by atoms with E-state index in [1.165, 1.54) is 17.7 Å². The second-order valence-electron chi connectivity index (χ2n) is 4.73. The molecule has 1 aromatic heterocycles. The lowest BCUT2D eigenvalue weighted by molar-refractivity contribution is 0.597. The summed E-state index contributed by atoms with van der Waals surface area (Å²) < 4.78 is 14.8. The van der Waals surface area contributed by atoms with Crippen LogP contribution in [0.5, 0.6) is 0 Å². The molecule has 0 saturated heterocycles. The molecule has 20 heavy (non-hydrogen) atoms. The molecule has 0 spiro atoms. The van der Waals surface area contributed by atoms with Gasteiger partial charge in [0.05, 0.1) is 5.69 Å². The lowest BCUT2D eigenvalue weighted by Gasteiger charge is -2.04. The molecule has 0 unspecified atom stereocenters. The maximum Gasteiger partial charge on any atom is 0.123 e. The Hall–Kier alpha value is -1.39. The van der Waals surface area contributed by atoms with Gasteiger partial charge in [-0.1, -0.05) is 19.1 Å². The van der Waals surface area contributed by atoms with Gasteiger partial charge in [0, 0.05) is 31.4 Å². The van der Waals surface area contributed by atoms with Crippen molar-refractivity contribution in [2.24, 2.45) is 0 Å². The predicted octanol–water partition coefficient (Wildman–Crippen LogP) is 3.45. The van der Waals surface area contributed by atoms with Gasteiger partial charge in [0.15, 0.2) is 0 Å². The molecule has 0 atom stereocenters. The van der Waals surface area contributed by atoms with Crippen molar-refractivity contribution in [3.8, 4) is 0 Å². The third-order valence-corrected chi connectivity index (χ3v) is 3.06. The highest BCUT2D eigenvalue weighted by atomic mass is 35.5. The minimum atomic E-state index is -0.194. The number of rotatable bonds is 6. The Balaban J connectivity index is 0.00000200. The van der Waals surface area contributed by atoms with Gasteiger partial charge in [-0.15, -0.1) is 12.4 Å². The van der Waals surface area contributed by atoms with Crippen LogP contribution in [0.25, 0.3) is 0 Å². The van der Waals surface area contributed by atoms with E-state index in [-0.39, 0.29) is 18.2 Å². The third-order valence-electron chi connectivity index (χ3n) is 3.06. The molecular formula is C15H21ClFN3. The fraction of sp³-hybridized carbons (Fsp3) is 0.400. The molecular weight excluding hydrogens is 277 g/mol. The Bertz CT molecular complexity index is 522. The van der Waals surface area contributed by atoms with Crippen LogP contribution in [0.15, 0.2) is 30.5 Å². The number of hydrogen-bond donors (Lipinski definition) is 1. The smallest absolute Gasteiger partial charge is 0.123 e. The molecule has 0 aliphatic carbocycles. The second kappa shape index (κ2) is 8.02. The van der Waals surface area contributed by atoms with E-state index in [0.717, 1.165) is 37.3 Å². The number of aryl methyl sites for hydroxylation is 2. The molecule has 0 aliphatic rings. The number of nitrogens with zero attached hydrogens (tertiary/aromatic N) is 2. The van der Waals surface area contributed by atoms with Gasteiger partial charge in [-0.3, -0.25) is 4.68 Å². The summed E-state index contributed by atoms with van der Waals surface area (Å²) >= 11 is 0. The van der Waals surface area contributed by atoms with Crippen molar-refractivity contribution in [1.29, 1.82) is 0 Å². The average molecular weight is 298 g/mol. The Morgan fingerprint density at radius 2 is 1.90 bits per heavy atom. The molecule has 110 valence electrons. The van der Waals surface area contributed by atoms with Crippen LogP contribution in [0.4, 0.5) is 4.39 Å². The summed E-state index contributed by atoms with van der Waals surface area (Å²) in [5.41, 5.74) is 3.37. The van der Waals surface area contributed by atoms with Crippen molar-refractivity contribution >= 4 is 12.4 Å². The molecule has 3 nitrogen and oxygen atoms in total. The van der Waals surface area contributed by atoms with Crippen molar-refractivity contribution in [2.45, 2.75) is 39.9 Å². The maximum absolute atomic E-state index is 12.8. The SMILES string of the molecule is CCCn1cc(CNCc2ccc(F)cc2)c(C)n1.Cl. The van der Waals surface area contributed by atoms with E-state index >= 15 is 0 Å². The minimum absolute atomic E-state index is 0. The van der Waals surface area contributed by atoms with E-state index < -0.39 is 0 Å². The van der Waals surface area contributed by atoms with Gasteiger partial charge in [-0.2, -0.15) is 5.10 Å². The van der Waals surface area contributed by atoms with Crippen LogP contribution in [-0.2, 0) is 19.6 Å². The molecule has 1 N–H and O–H groups in total. The van der Waals surface area contributed by atoms with Crippen molar-refractivity contribution in [1.82, 2.24) is 15.1 Å². The number of aromatic nitrogens is 2. The van der Waals surface area contributed by atoms with Crippen LogP contribution >= 0.6 is 12.4 Å². The molecule has 2 rings (SSSR count). The molecule has 5 heteroatoms. The topological polar surface area (TPSA) is 29.9 Å². The van der Waals surface area contributed by atoms with Gasteiger partial charge in [0.1, 0.15) is 5.82 Å². The first-order valence-electron chi connectivity index (χ1n) is 6.67. The van der Waals surface area contributed by atoms with Gasteiger partial charge >= 0.3 is 0 Å². The third kappa shape index (κ3) is 4.62. The van der Waals surface area contributed by atoms with Crippen molar-refractivity contribution in [3.05, 3.63) is 53.1 Å². The second-order valence-corrected chi connectivity index (χ2v) is 4.73. The zero-order valence-electron chi connectivity index (χ0n) is 11.9. The van der Waals surface area contributed by atoms with E-state index in [1.54, 1.807) is 12.1 Å². The van der Waals surface area contributed by atoms with E-state index in [1.807, 2.05) is 11.6 Å². The molecule has 1 heterocycles.